The van der Waals surface area contributed by atoms with Gasteiger partial charge >= 0.3 is 0 Å². The molecule has 2 unspecified atom stereocenters. The summed E-state index contributed by atoms with van der Waals surface area (Å²) in [6, 6.07) is 9.49. The summed E-state index contributed by atoms with van der Waals surface area (Å²) in [6.45, 7) is 7.13. The molecule has 0 saturated carbocycles. The van der Waals surface area contributed by atoms with Crippen LogP contribution in [-0.2, 0) is 10.5 Å². The third-order valence-electron chi connectivity index (χ3n) is 4.44. The Labute approximate surface area is 161 Å². The Morgan fingerprint density at radius 2 is 1.96 bits per heavy atom. The third kappa shape index (κ3) is 4.04. The van der Waals surface area contributed by atoms with E-state index in [1.807, 2.05) is 45.0 Å². The van der Waals surface area contributed by atoms with Crippen LogP contribution in [0.2, 0.25) is 0 Å². The van der Waals surface area contributed by atoms with Crippen molar-refractivity contribution in [3.05, 3.63) is 47.4 Å². The van der Waals surface area contributed by atoms with Crippen molar-refractivity contribution < 1.29 is 18.4 Å². The second-order valence-electron chi connectivity index (χ2n) is 6.97. The second-order valence-corrected chi connectivity index (χ2v) is 7.90. The highest BCUT2D eigenvalue weighted by atomic mass is 32.2. The van der Waals surface area contributed by atoms with E-state index in [0.29, 0.717) is 29.8 Å². The zero-order chi connectivity index (χ0) is 19.0. The summed E-state index contributed by atoms with van der Waals surface area (Å²) in [7, 11) is 0. The topological polar surface area (TPSA) is 68.7 Å². The van der Waals surface area contributed by atoms with Crippen molar-refractivity contribution in [3.63, 3.8) is 0 Å². The number of aryl methyl sites for hydroxylation is 1. The summed E-state index contributed by atoms with van der Waals surface area (Å²) < 4.78 is 17.2. The van der Waals surface area contributed by atoms with Crippen LogP contribution in [0.3, 0.4) is 0 Å². The van der Waals surface area contributed by atoms with E-state index in [2.05, 4.69) is 4.98 Å². The van der Waals surface area contributed by atoms with E-state index in [-0.39, 0.29) is 18.1 Å². The van der Waals surface area contributed by atoms with Crippen molar-refractivity contribution in [1.29, 1.82) is 0 Å². The number of aromatic nitrogens is 1. The van der Waals surface area contributed by atoms with Gasteiger partial charge < -0.3 is 18.5 Å². The first-order chi connectivity index (χ1) is 13.0. The molecule has 1 fully saturated rings. The number of furan rings is 1. The molecule has 0 radical (unpaired) electrons. The highest BCUT2D eigenvalue weighted by molar-refractivity contribution is 7.98. The van der Waals surface area contributed by atoms with Crippen LogP contribution in [0.5, 0.6) is 0 Å². The van der Waals surface area contributed by atoms with Crippen LogP contribution in [-0.4, -0.2) is 41.1 Å². The molecule has 6 nitrogen and oxygen atoms in total. The van der Waals surface area contributed by atoms with Gasteiger partial charge in [-0.25, -0.2) is 4.98 Å². The molecule has 4 rings (SSSR count). The smallest absolute Gasteiger partial charge is 0.289 e. The molecule has 0 spiro atoms. The Morgan fingerprint density at radius 3 is 2.74 bits per heavy atom. The molecule has 142 valence electrons. The maximum Gasteiger partial charge on any atom is 0.289 e. The Morgan fingerprint density at radius 1 is 1.19 bits per heavy atom. The van der Waals surface area contributed by atoms with Gasteiger partial charge in [0.25, 0.3) is 11.1 Å². The number of amides is 1. The van der Waals surface area contributed by atoms with Crippen molar-refractivity contribution in [2.75, 3.05) is 13.1 Å². The minimum absolute atomic E-state index is 0.0329. The standard InChI is InChI=1S/C20H22N2O4S/c1-12-4-6-17-16(8-12)21-20(26-17)27-11-15-5-7-18(25-15)19(23)22-9-13(2)24-14(3)10-22/h4-8,13-14H,9-11H2,1-3H3. The molecule has 3 aromatic rings. The molecule has 0 N–H and O–H groups in total. The van der Waals surface area contributed by atoms with Gasteiger partial charge in [-0.2, -0.15) is 0 Å². The molecule has 0 aliphatic carbocycles. The fourth-order valence-electron chi connectivity index (χ4n) is 3.28. The van der Waals surface area contributed by atoms with Gasteiger partial charge in [0.15, 0.2) is 11.3 Å². The van der Waals surface area contributed by atoms with Gasteiger partial charge in [0, 0.05) is 13.1 Å². The van der Waals surface area contributed by atoms with E-state index in [1.54, 1.807) is 11.0 Å². The lowest BCUT2D eigenvalue weighted by atomic mass is 10.2. The van der Waals surface area contributed by atoms with E-state index in [0.717, 1.165) is 22.4 Å². The number of morpholine rings is 1. The first-order valence-corrected chi connectivity index (χ1v) is 10.00. The number of thioether (sulfide) groups is 1. The number of nitrogens with zero attached hydrogens (tertiary/aromatic N) is 2. The van der Waals surface area contributed by atoms with E-state index < -0.39 is 0 Å². The number of oxazole rings is 1. The van der Waals surface area contributed by atoms with Crippen LogP contribution in [0.4, 0.5) is 0 Å². The third-order valence-corrected chi connectivity index (χ3v) is 5.29. The van der Waals surface area contributed by atoms with Crippen molar-refractivity contribution in [2.24, 2.45) is 0 Å². The first-order valence-electron chi connectivity index (χ1n) is 9.01. The number of fused-ring (bicyclic) bond motifs is 1. The maximum absolute atomic E-state index is 12.7. The average Bonchev–Trinajstić information content (AvgIpc) is 3.24. The lowest BCUT2D eigenvalue weighted by molar-refractivity contribution is -0.0592. The fraction of sp³-hybridized carbons (Fsp3) is 0.400. The summed E-state index contributed by atoms with van der Waals surface area (Å²) in [5.41, 5.74) is 2.77. The van der Waals surface area contributed by atoms with Gasteiger partial charge in [-0.1, -0.05) is 17.8 Å². The van der Waals surface area contributed by atoms with Gasteiger partial charge in [-0.05, 0) is 50.6 Å². The van der Waals surface area contributed by atoms with Crippen LogP contribution in [0.1, 0.15) is 35.7 Å². The van der Waals surface area contributed by atoms with Crippen LogP contribution >= 0.6 is 11.8 Å². The SMILES string of the molecule is Cc1ccc2oc(SCc3ccc(C(=O)N4CC(C)OC(C)C4)o3)nc2c1. The van der Waals surface area contributed by atoms with Crippen LogP contribution in [0, 0.1) is 6.92 Å². The molecular formula is C20H22N2O4S. The molecule has 1 amide bonds. The number of hydrogen-bond acceptors (Lipinski definition) is 6. The molecule has 3 heterocycles. The van der Waals surface area contributed by atoms with Gasteiger partial charge in [-0.15, -0.1) is 0 Å². The molecule has 7 heteroatoms. The Hall–Kier alpha value is -2.25. The average molecular weight is 386 g/mol. The van der Waals surface area contributed by atoms with Crippen molar-refractivity contribution >= 4 is 28.8 Å². The minimum atomic E-state index is -0.0920. The predicted octanol–water partition coefficient (Wildman–Crippen LogP) is 4.27. The molecule has 2 atom stereocenters. The first kappa shape index (κ1) is 18.1. The number of carbonyl (C=O) groups is 1. The van der Waals surface area contributed by atoms with Crippen LogP contribution in [0.15, 0.2) is 44.4 Å². The van der Waals surface area contributed by atoms with E-state index >= 15 is 0 Å². The molecule has 0 bridgehead atoms. The summed E-state index contributed by atoms with van der Waals surface area (Å²) in [5, 5.41) is 0.593. The lowest BCUT2D eigenvalue weighted by Gasteiger charge is -2.34. The van der Waals surface area contributed by atoms with E-state index in [4.69, 9.17) is 13.6 Å². The number of benzene rings is 1. The molecule has 1 aromatic carbocycles. The Kier molecular flexibility index (Phi) is 4.97. The molecule has 1 aliphatic heterocycles. The Bertz CT molecular complexity index is 954. The highest BCUT2D eigenvalue weighted by Crippen LogP contribution is 2.27. The molecular weight excluding hydrogens is 364 g/mol. The summed E-state index contributed by atoms with van der Waals surface area (Å²) in [5.74, 6) is 1.54. The summed E-state index contributed by atoms with van der Waals surface area (Å²) in [6.07, 6.45) is 0.0657. The zero-order valence-electron chi connectivity index (χ0n) is 15.6. The fourth-order valence-corrected chi connectivity index (χ4v) is 4.01. The summed E-state index contributed by atoms with van der Waals surface area (Å²) in [4.78, 5) is 18.9. The van der Waals surface area contributed by atoms with E-state index in [1.165, 1.54) is 11.8 Å². The molecule has 2 aromatic heterocycles. The van der Waals surface area contributed by atoms with Crippen LogP contribution < -0.4 is 0 Å². The monoisotopic (exact) mass is 386 g/mol. The van der Waals surface area contributed by atoms with Gasteiger partial charge in [0.1, 0.15) is 11.3 Å². The van der Waals surface area contributed by atoms with Gasteiger partial charge in [0.05, 0.1) is 18.0 Å². The van der Waals surface area contributed by atoms with Gasteiger partial charge in [-0.3, -0.25) is 4.79 Å². The maximum atomic E-state index is 12.7. The summed E-state index contributed by atoms with van der Waals surface area (Å²) >= 11 is 1.45. The van der Waals surface area contributed by atoms with Crippen LogP contribution in [0.25, 0.3) is 11.1 Å². The quantitative estimate of drug-likeness (QED) is 0.624. The number of hydrogen-bond donors (Lipinski definition) is 0. The largest absolute Gasteiger partial charge is 0.455 e. The number of carbonyl (C=O) groups excluding carboxylic acids is 1. The Balaban J connectivity index is 1.40. The van der Waals surface area contributed by atoms with E-state index in [9.17, 15) is 4.79 Å². The number of rotatable bonds is 4. The van der Waals surface area contributed by atoms with Gasteiger partial charge in [0.2, 0.25) is 0 Å². The predicted molar refractivity (Wildman–Crippen MR) is 103 cm³/mol. The number of ether oxygens (including phenoxy) is 1. The molecule has 1 aliphatic rings. The molecule has 27 heavy (non-hydrogen) atoms. The lowest BCUT2D eigenvalue weighted by Crippen LogP contribution is -2.48. The van der Waals surface area contributed by atoms with Crippen molar-refractivity contribution in [3.8, 4) is 0 Å². The minimum Gasteiger partial charge on any atom is -0.455 e. The zero-order valence-corrected chi connectivity index (χ0v) is 16.4. The van der Waals surface area contributed by atoms with Crippen molar-refractivity contribution in [2.45, 2.75) is 44.0 Å². The van der Waals surface area contributed by atoms with Crippen molar-refractivity contribution in [1.82, 2.24) is 9.88 Å². The second kappa shape index (κ2) is 7.40. The highest BCUT2D eigenvalue weighted by Gasteiger charge is 2.28. The normalized spacial score (nSPS) is 20.3. The molecule has 1 saturated heterocycles.